The van der Waals surface area contributed by atoms with Crippen molar-refractivity contribution in [3.63, 3.8) is 0 Å². The molecule has 0 spiro atoms. The van der Waals surface area contributed by atoms with E-state index in [9.17, 15) is 4.79 Å². The summed E-state index contributed by atoms with van der Waals surface area (Å²) in [6, 6.07) is 25.5. The normalized spacial score (nSPS) is 13.3. The molecule has 1 aliphatic heterocycles. The van der Waals surface area contributed by atoms with Crippen LogP contribution in [0.1, 0.15) is 12.0 Å². The van der Waals surface area contributed by atoms with Crippen LogP contribution < -0.4 is 14.4 Å². The Bertz CT molecular complexity index is 944. The number of carbonyl (C=O) groups excluding carboxylic acids is 1. The second-order valence-corrected chi connectivity index (χ2v) is 7.89. The molecule has 0 saturated heterocycles. The predicted molar refractivity (Wildman–Crippen MR) is 117 cm³/mol. The molecule has 4 rings (SSSR count). The SMILES string of the molecule is O=C(COc1ccc(OCc2ccccc2)cc1)N1CCCSc2ccccc21. The van der Waals surface area contributed by atoms with Crippen molar-refractivity contribution in [3.05, 3.63) is 84.4 Å². The average Bonchev–Trinajstić information content (AvgIpc) is 3.00. The minimum atomic E-state index is -0.0237. The van der Waals surface area contributed by atoms with Gasteiger partial charge in [0.1, 0.15) is 18.1 Å². The van der Waals surface area contributed by atoms with E-state index >= 15 is 0 Å². The minimum absolute atomic E-state index is 0.0171. The average molecular weight is 406 g/mol. The van der Waals surface area contributed by atoms with Crippen LogP contribution in [0.2, 0.25) is 0 Å². The van der Waals surface area contributed by atoms with Gasteiger partial charge in [-0.3, -0.25) is 4.79 Å². The lowest BCUT2D eigenvalue weighted by Gasteiger charge is -2.22. The predicted octanol–water partition coefficient (Wildman–Crippen LogP) is 5.17. The van der Waals surface area contributed by atoms with Gasteiger partial charge in [-0.15, -0.1) is 11.8 Å². The maximum absolute atomic E-state index is 12.8. The second kappa shape index (κ2) is 9.52. The quantitative estimate of drug-likeness (QED) is 0.567. The minimum Gasteiger partial charge on any atom is -0.489 e. The number of ether oxygens (including phenoxy) is 2. The smallest absolute Gasteiger partial charge is 0.264 e. The van der Waals surface area contributed by atoms with Crippen LogP contribution in [0.4, 0.5) is 5.69 Å². The third-order valence-corrected chi connectivity index (χ3v) is 5.82. The van der Waals surface area contributed by atoms with Gasteiger partial charge in [0, 0.05) is 11.4 Å². The summed E-state index contributed by atoms with van der Waals surface area (Å²) >= 11 is 1.80. The first kappa shape index (κ1) is 19.4. The molecule has 148 valence electrons. The highest BCUT2D eigenvalue weighted by Crippen LogP contribution is 2.33. The van der Waals surface area contributed by atoms with Crippen LogP contribution >= 0.6 is 11.8 Å². The molecule has 0 aliphatic carbocycles. The number of fused-ring (bicyclic) bond motifs is 1. The van der Waals surface area contributed by atoms with Crippen LogP contribution in [0.15, 0.2) is 83.8 Å². The lowest BCUT2D eigenvalue weighted by molar-refractivity contribution is -0.120. The van der Waals surface area contributed by atoms with Gasteiger partial charge in [-0.2, -0.15) is 0 Å². The van der Waals surface area contributed by atoms with Gasteiger partial charge in [0.15, 0.2) is 6.61 Å². The molecule has 0 radical (unpaired) electrons. The number of rotatable bonds is 6. The molecule has 1 heterocycles. The summed E-state index contributed by atoms with van der Waals surface area (Å²) in [6.45, 7) is 1.26. The van der Waals surface area contributed by atoms with Crippen LogP contribution in [-0.2, 0) is 11.4 Å². The van der Waals surface area contributed by atoms with Gasteiger partial charge in [0.25, 0.3) is 5.91 Å². The molecule has 29 heavy (non-hydrogen) atoms. The highest BCUT2D eigenvalue weighted by molar-refractivity contribution is 7.99. The van der Waals surface area contributed by atoms with E-state index in [1.54, 1.807) is 11.8 Å². The maximum Gasteiger partial charge on any atom is 0.264 e. The largest absolute Gasteiger partial charge is 0.489 e. The van der Waals surface area contributed by atoms with Crippen molar-refractivity contribution >= 4 is 23.4 Å². The Morgan fingerprint density at radius 2 is 1.55 bits per heavy atom. The molecule has 5 heteroatoms. The zero-order chi connectivity index (χ0) is 19.9. The molecule has 0 N–H and O–H groups in total. The molecular weight excluding hydrogens is 382 g/mol. The number of amides is 1. The fourth-order valence-electron chi connectivity index (χ4n) is 3.18. The Morgan fingerprint density at radius 3 is 2.34 bits per heavy atom. The van der Waals surface area contributed by atoms with Gasteiger partial charge in [-0.1, -0.05) is 42.5 Å². The lowest BCUT2D eigenvalue weighted by atomic mass is 10.2. The van der Waals surface area contributed by atoms with Crippen LogP contribution in [0.25, 0.3) is 0 Å². The molecule has 4 nitrogen and oxygen atoms in total. The van der Waals surface area contributed by atoms with E-state index in [0.717, 1.165) is 40.6 Å². The fraction of sp³-hybridized carbons (Fsp3) is 0.208. The van der Waals surface area contributed by atoms with Gasteiger partial charge >= 0.3 is 0 Å². The first-order valence-electron chi connectivity index (χ1n) is 9.71. The fourth-order valence-corrected chi connectivity index (χ4v) is 4.18. The summed E-state index contributed by atoms with van der Waals surface area (Å²) in [4.78, 5) is 15.8. The Kier molecular flexibility index (Phi) is 6.37. The topological polar surface area (TPSA) is 38.8 Å². The van der Waals surface area contributed by atoms with Crippen molar-refractivity contribution in [1.82, 2.24) is 0 Å². The highest BCUT2D eigenvalue weighted by Gasteiger charge is 2.21. The van der Waals surface area contributed by atoms with Crippen molar-refractivity contribution < 1.29 is 14.3 Å². The maximum atomic E-state index is 12.8. The Hall–Kier alpha value is -2.92. The first-order chi connectivity index (χ1) is 14.3. The van der Waals surface area contributed by atoms with Crippen LogP contribution in [-0.4, -0.2) is 24.8 Å². The van der Waals surface area contributed by atoms with Crippen molar-refractivity contribution in [3.8, 4) is 11.5 Å². The molecule has 0 atom stereocenters. The van der Waals surface area contributed by atoms with E-state index in [-0.39, 0.29) is 12.5 Å². The molecular formula is C24H23NO3S. The zero-order valence-corrected chi connectivity index (χ0v) is 16.9. The number of hydrogen-bond donors (Lipinski definition) is 0. The third-order valence-electron chi connectivity index (χ3n) is 4.68. The molecule has 3 aromatic carbocycles. The Morgan fingerprint density at radius 1 is 0.862 bits per heavy atom. The van der Waals surface area contributed by atoms with Gasteiger partial charge in [-0.25, -0.2) is 0 Å². The number of thioether (sulfide) groups is 1. The van der Waals surface area contributed by atoms with Gasteiger partial charge < -0.3 is 14.4 Å². The number of nitrogens with zero attached hydrogens (tertiary/aromatic N) is 1. The Labute approximate surface area is 175 Å². The monoisotopic (exact) mass is 405 g/mol. The third kappa shape index (κ3) is 5.12. The van der Waals surface area contributed by atoms with E-state index in [1.807, 2.05) is 77.7 Å². The molecule has 1 aliphatic rings. The van der Waals surface area contributed by atoms with Gasteiger partial charge in [-0.05, 0) is 54.1 Å². The van der Waals surface area contributed by atoms with Crippen molar-refractivity contribution in [2.24, 2.45) is 0 Å². The van der Waals surface area contributed by atoms with E-state index in [0.29, 0.717) is 12.4 Å². The number of benzene rings is 3. The van der Waals surface area contributed by atoms with E-state index in [4.69, 9.17) is 9.47 Å². The number of para-hydroxylation sites is 1. The first-order valence-corrected chi connectivity index (χ1v) is 10.7. The van der Waals surface area contributed by atoms with Crippen LogP contribution in [0.5, 0.6) is 11.5 Å². The van der Waals surface area contributed by atoms with E-state index in [2.05, 4.69) is 6.07 Å². The molecule has 0 aromatic heterocycles. The molecule has 3 aromatic rings. The summed E-state index contributed by atoms with van der Waals surface area (Å²) in [5.41, 5.74) is 2.10. The van der Waals surface area contributed by atoms with Crippen molar-refractivity contribution in [2.75, 3.05) is 23.8 Å². The summed E-state index contributed by atoms with van der Waals surface area (Å²) < 4.78 is 11.5. The molecule has 0 unspecified atom stereocenters. The summed E-state index contributed by atoms with van der Waals surface area (Å²) in [7, 11) is 0. The summed E-state index contributed by atoms with van der Waals surface area (Å²) in [6.07, 6.45) is 0.971. The lowest BCUT2D eigenvalue weighted by Crippen LogP contribution is -2.35. The Balaban J connectivity index is 1.32. The van der Waals surface area contributed by atoms with Crippen LogP contribution in [0, 0.1) is 0 Å². The number of hydrogen-bond acceptors (Lipinski definition) is 4. The summed E-state index contributed by atoms with van der Waals surface area (Å²) in [5.74, 6) is 2.42. The van der Waals surface area contributed by atoms with Crippen LogP contribution in [0.3, 0.4) is 0 Å². The number of anilines is 1. The van der Waals surface area contributed by atoms with Gasteiger partial charge in [0.2, 0.25) is 0 Å². The van der Waals surface area contributed by atoms with E-state index in [1.165, 1.54) is 0 Å². The molecule has 0 bridgehead atoms. The number of carbonyl (C=O) groups is 1. The molecule has 0 saturated carbocycles. The standard InChI is InChI=1S/C24H23NO3S/c26-24(25-15-6-16-29-23-10-5-4-9-22(23)25)18-28-21-13-11-20(12-14-21)27-17-19-7-2-1-3-8-19/h1-5,7-14H,6,15-18H2. The summed E-state index contributed by atoms with van der Waals surface area (Å²) in [5, 5.41) is 0. The van der Waals surface area contributed by atoms with Crippen molar-refractivity contribution in [1.29, 1.82) is 0 Å². The molecule has 1 amide bonds. The van der Waals surface area contributed by atoms with E-state index < -0.39 is 0 Å². The second-order valence-electron chi connectivity index (χ2n) is 6.75. The zero-order valence-electron chi connectivity index (χ0n) is 16.1. The van der Waals surface area contributed by atoms with Gasteiger partial charge in [0.05, 0.1) is 5.69 Å². The highest BCUT2D eigenvalue weighted by atomic mass is 32.2. The van der Waals surface area contributed by atoms with Crippen molar-refractivity contribution in [2.45, 2.75) is 17.9 Å². The molecule has 0 fully saturated rings.